The highest BCUT2D eigenvalue weighted by Crippen LogP contribution is 2.29. The lowest BCUT2D eigenvalue weighted by Crippen LogP contribution is -2.16. The van der Waals surface area contributed by atoms with Gasteiger partial charge >= 0.3 is 0 Å². The van der Waals surface area contributed by atoms with Gasteiger partial charge in [0.05, 0.1) is 11.2 Å². The normalized spacial score (nSPS) is 11.0. The summed E-state index contributed by atoms with van der Waals surface area (Å²) in [5, 5.41) is 4.81. The average Bonchev–Trinajstić information content (AvgIpc) is 2.95. The first-order valence-corrected chi connectivity index (χ1v) is 8.15. The summed E-state index contributed by atoms with van der Waals surface area (Å²) in [7, 11) is 4.02. The highest BCUT2D eigenvalue weighted by Gasteiger charge is 2.06. The number of aromatic nitrogens is 2. The first-order valence-electron chi connectivity index (χ1n) is 7.77. The van der Waals surface area contributed by atoms with Crippen molar-refractivity contribution in [3.63, 3.8) is 0 Å². The van der Waals surface area contributed by atoms with Crippen LogP contribution in [-0.4, -0.2) is 21.7 Å². The van der Waals surface area contributed by atoms with Gasteiger partial charge in [-0.05, 0) is 36.9 Å². The molecule has 24 heavy (non-hydrogen) atoms. The minimum atomic E-state index is 0.608. The molecule has 0 spiro atoms. The van der Waals surface area contributed by atoms with Gasteiger partial charge in [-0.25, -0.2) is 0 Å². The van der Waals surface area contributed by atoms with E-state index in [-0.39, 0.29) is 0 Å². The van der Waals surface area contributed by atoms with Gasteiger partial charge in [-0.15, -0.1) is 0 Å². The Bertz CT molecular complexity index is 816. The second-order valence-corrected chi connectivity index (χ2v) is 6.28. The number of para-hydroxylation sites is 1. The molecule has 0 unspecified atom stereocenters. The summed E-state index contributed by atoms with van der Waals surface area (Å²) in [5.41, 5.74) is 2.38. The second-order valence-electron chi connectivity index (χ2n) is 5.87. The molecule has 3 aromatic rings. The predicted octanol–water partition coefficient (Wildman–Crippen LogP) is 4.50. The Morgan fingerprint density at radius 2 is 1.88 bits per heavy atom. The van der Waals surface area contributed by atoms with E-state index in [1.807, 2.05) is 66.6 Å². The van der Waals surface area contributed by atoms with Crippen LogP contribution >= 0.6 is 11.6 Å². The van der Waals surface area contributed by atoms with E-state index in [0.29, 0.717) is 10.8 Å². The maximum Gasteiger partial charge on any atom is 0.146 e. The van der Waals surface area contributed by atoms with Gasteiger partial charge in [-0.3, -0.25) is 9.58 Å². The summed E-state index contributed by atoms with van der Waals surface area (Å²) < 4.78 is 7.71. The Morgan fingerprint density at radius 1 is 1.08 bits per heavy atom. The van der Waals surface area contributed by atoms with Gasteiger partial charge in [-0.1, -0.05) is 35.9 Å². The number of hydrogen-bond donors (Lipinski definition) is 0. The lowest BCUT2D eigenvalue weighted by Gasteiger charge is -2.16. The molecule has 0 radical (unpaired) electrons. The zero-order chi connectivity index (χ0) is 16.9. The maximum absolute atomic E-state index is 6.15. The molecule has 3 rings (SSSR count). The molecule has 0 saturated heterocycles. The standard InChI is InChI=1S/C19H20ClN3O/c1-22(13-16-11-21-23(2)14-16)12-15-6-5-7-17(10-15)24-19-9-4-3-8-18(19)20/h3-11,14H,12-13H2,1-2H3. The molecule has 0 atom stereocenters. The highest BCUT2D eigenvalue weighted by atomic mass is 35.5. The van der Waals surface area contributed by atoms with Crippen LogP contribution in [0.25, 0.3) is 0 Å². The fraction of sp³-hybridized carbons (Fsp3) is 0.211. The zero-order valence-electron chi connectivity index (χ0n) is 13.8. The minimum Gasteiger partial charge on any atom is -0.456 e. The topological polar surface area (TPSA) is 30.3 Å². The lowest BCUT2D eigenvalue weighted by molar-refractivity contribution is 0.318. The van der Waals surface area contributed by atoms with Crippen molar-refractivity contribution in [2.24, 2.45) is 7.05 Å². The Morgan fingerprint density at radius 3 is 2.62 bits per heavy atom. The zero-order valence-corrected chi connectivity index (χ0v) is 14.6. The van der Waals surface area contributed by atoms with Crippen LogP contribution in [0.4, 0.5) is 0 Å². The molecule has 0 saturated carbocycles. The van der Waals surface area contributed by atoms with E-state index in [2.05, 4.69) is 23.1 Å². The fourth-order valence-electron chi connectivity index (χ4n) is 2.59. The summed E-state index contributed by atoms with van der Waals surface area (Å²) >= 11 is 6.15. The molecule has 0 aliphatic carbocycles. The molecule has 4 nitrogen and oxygen atoms in total. The van der Waals surface area contributed by atoms with Crippen LogP contribution in [0.3, 0.4) is 0 Å². The van der Waals surface area contributed by atoms with Crippen LogP contribution in [0.2, 0.25) is 5.02 Å². The van der Waals surface area contributed by atoms with Gasteiger partial charge in [0.15, 0.2) is 0 Å². The Labute approximate surface area is 147 Å². The van der Waals surface area contributed by atoms with E-state index in [4.69, 9.17) is 16.3 Å². The molecule has 0 fully saturated rings. The molecule has 0 aliphatic rings. The van der Waals surface area contributed by atoms with Gasteiger partial charge in [0.25, 0.3) is 0 Å². The van der Waals surface area contributed by atoms with Crippen LogP contribution in [0, 0.1) is 0 Å². The third kappa shape index (κ3) is 4.37. The molecule has 1 heterocycles. The van der Waals surface area contributed by atoms with Crippen molar-refractivity contribution in [1.29, 1.82) is 0 Å². The van der Waals surface area contributed by atoms with Crippen molar-refractivity contribution in [1.82, 2.24) is 14.7 Å². The molecule has 124 valence electrons. The van der Waals surface area contributed by atoms with Gasteiger partial charge in [0.2, 0.25) is 0 Å². The molecule has 2 aromatic carbocycles. The largest absolute Gasteiger partial charge is 0.456 e. The van der Waals surface area contributed by atoms with Crippen LogP contribution in [0.15, 0.2) is 60.9 Å². The molecule has 5 heteroatoms. The number of rotatable bonds is 6. The first-order chi connectivity index (χ1) is 11.6. The van der Waals surface area contributed by atoms with Crippen molar-refractivity contribution >= 4 is 11.6 Å². The average molecular weight is 342 g/mol. The van der Waals surface area contributed by atoms with E-state index in [1.165, 1.54) is 11.1 Å². The molecule has 0 N–H and O–H groups in total. The first kappa shape index (κ1) is 16.6. The minimum absolute atomic E-state index is 0.608. The number of nitrogens with zero attached hydrogens (tertiary/aromatic N) is 3. The van der Waals surface area contributed by atoms with E-state index in [1.54, 1.807) is 0 Å². The lowest BCUT2D eigenvalue weighted by atomic mass is 10.2. The molecule has 0 bridgehead atoms. The van der Waals surface area contributed by atoms with Crippen LogP contribution in [0.5, 0.6) is 11.5 Å². The third-order valence-electron chi connectivity index (χ3n) is 3.63. The number of hydrogen-bond acceptors (Lipinski definition) is 3. The Kier molecular flexibility index (Phi) is 5.18. The van der Waals surface area contributed by atoms with Gasteiger partial charge < -0.3 is 4.74 Å². The van der Waals surface area contributed by atoms with E-state index in [9.17, 15) is 0 Å². The SMILES string of the molecule is CN(Cc1cccc(Oc2ccccc2Cl)c1)Cc1cnn(C)c1. The summed E-state index contributed by atoms with van der Waals surface area (Å²) in [4.78, 5) is 2.24. The molecule has 0 aliphatic heterocycles. The molecule has 1 aromatic heterocycles. The summed E-state index contributed by atoms with van der Waals surface area (Å²) in [6.07, 6.45) is 3.93. The Hall–Kier alpha value is -2.30. The van der Waals surface area contributed by atoms with Gasteiger partial charge in [0.1, 0.15) is 11.5 Å². The summed E-state index contributed by atoms with van der Waals surface area (Å²) in [6, 6.07) is 15.6. The molecule has 0 amide bonds. The molecular weight excluding hydrogens is 322 g/mol. The molecular formula is C19H20ClN3O. The van der Waals surface area contributed by atoms with Crippen LogP contribution in [0.1, 0.15) is 11.1 Å². The van der Waals surface area contributed by atoms with E-state index < -0.39 is 0 Å². The predicted molar refractivity (Wildman–Crippen MR) is 96.3 cm³/mol. The second kappa shape index (κ2) is 7.51. The van der Waals surface area contributed by atoms with E-state index >= 15 is 0 Å². The van der Waals surface area contributed by atoms with Crippen molar-refractivity contribution in [3.05, 3.63) is 77.1 Å². The number of ether oxygens (including phenoxy) is 1. The van der Waals surface area contributed by atoms with Crippen LogP contribution in [-0.2, 0) is 20.1 Å². The van der Waals surface area contributed by atoms with Gasteiger partial charge in [-0.2, -0.15) is 5.10 Å². The quantitative estimate of drug-likeness (QED) is 0.661. The smallest absolute Gasteiger partial charge is 0.146 e. The maximum atomic E-state index is 6.15. The summed E-state index contributed by atoms with van der Waals surface area (Å²) in [5.74, 6) is 1.45. The number of benzene rings is 2. The monoisotopic (exact) mass is 341 g/mol. The number of halogens is 1. The Balaban J connectivity index is 1.65. The van der Waals surface area contributed by atoms with Crippen molar-refractivity contribution in [3.8, 4) is 11.5 Å². The van der Waals surface area contributed by atoms with E-state index in [0.717, 1.165) is 18.8 Å². The van der Waals surface area contributed by atoms with Gasteiger partial charge in [0, 0.05) is 31.9 Å². The van der Waals surface area contributed by atoms with Crippen molar-refractivity contribution in [2.75, 3.05) is 7.05 Å². The summed E-state index contributed by atoms with van der Waals surface area (Å²) in [6.45, 7) is 1.68. The van der Waals surface area contributed by atoms with Crippen molar-refractivity contribution in [2.45, 2.75) is 13.1 Å². The van der Waals surface area contributed by atoms with Crippen molar-refractivity contribution < 1.29 is 4.74 Å². The fourth-order valence-corrected chi connectivity index (χ4v) is 2.77. The third-order valence-corrected chi connectivity index (χ3v) is 3.94. The van der Waals surface area contributed by atoms with Crippen LogP contribution < -0.4 is 4.74 Å². The highest BCUT2D eigenvalue weighted by molar-refractivity contribution is 6.32. The number of aryl methyl sites for hydroxylation is 1.